The molecule has 3 fully saturated rings. The fourth-order valence-electron chi connectivity index (χ4n) is 8.46. The summed E-state index contributed by atoms with van der Waals surface area (Å²) in [6, 6.07) is 13.4. The zero-order valence-electron chi connectivity index (χ0n) is 29.1. The summed E-state index contributed by atoms with van der Waals surface area (Å²) in [5.41, 5.74) is 10.5. The van der Waals surface area contributed by atoms with E-state index in [9.17, 15) is 9.90 Å². The number of alkyl halides is 3. The maximum Gasteiger partial charge on any atom is 0.429 e. The Labute approximate surface area is 295 Å². The molecule has 2 aliphatic heterocycles. The lowest BCUT2D eigenvalue weighted by atomic mass is 9.68. The smallest absolute Gasteiger partial charge is 0.429 e. The van der Waals surface area contributed by atoms with E-state index in [4.69, 9.17) is 10.5 Å². The van der Waals surface area contributed by atoms with Crippen LogP contribution in [0.5, 0.6) is 5.88 Å². The summed E-state index contributed by atoms with van der Waals surface area (Å²) in [6.45, 7) is 6.89. The minimum atomic E-state index is -4.82. The number of carboxylic acids is 1. The van der Waals surface area contributed by atoms with E-state index >= 15 is 13.2 Å². The number of carbonyl (C=O) groups is 1. The van der Waals surface area contributed by atoms with Crippen LogP contribution in [-0.4, -0.2) is 62.2 Å². The highest BCUT2D eigenvalue weighted by Crippen LogP contribution is 2.50. The largest absolute Gasteiger partial charge is 0.480 e. The highest BCUT2D eigenvalue weighted by Gasteiger charge is 2.53. The molecule has 4 N–H and O–H groups in total. The molecule has 2 aromatic carbocycles. The lowest BCUT2D eigenvalue weighted by Crippen LogP contribution is -2.49. The van der Waals surface area contributed by atoms with Crippen LogP contribution in [-0.2, 0) is 4.79 Å². The molecule has 2 aromatic heterocycles. The second-order valence-corrected chi connectivity index (χ2v) is 14.6. The van der Waals surface area contributed by atoms with E-state index in [0.29, 0.717) is 36.9 Å². The SMILES string of the molecule is Cc1ccn(-c2cc(-c3ccc(C)c(C)c3)ccc2[C@@H](Oc2cc(N3CCC4(CC3)CC(C(=O)O)NC4C3CCCC3)nc(N)n2)C(F)(F)F)n1. The molecule has 4 aromatic rings. The number of ether oxygens (including phenoxy) is 1. The first-order valence-corrected chi connectivity index (χ1v) is 17.7. The van der Waals surface area contributed by atoms with Gasteiger partial charge in [-0.1, -0.05) is 43.2 Å². The molecule has 51 heavy (non-hydrogen) atoms. The van der Waals surface area contributed by atoms with Gasteiger partial charge in [0.15, 0.2) is 0 Å². The number of aliphatic carboxylic acids is 1. The van der Waals surface area contributed by atoms with Gasteiger partial charge in [0.2, 0.25) is 17.9 Å². The molecule has 1 aliphatic carbocycles. The van der Waals surface area contributed by atoms with Crippen molar-refractivity contribution in [3.05, 3.63) is 77.1 Å². The van der Waals surface area contributed by atoms with Crippen LogP contribution < -0.4 is 20.7 Å². The molecule has 1 saturated carbocycles. The average Bonchev–Trinajstić information content (AvgIpc) is 3.85. The van der Waals surface area contributed by atoms with Crippen molar-refractivity contribution >= 4 is 17.7 Å². The predicted molar refractivity (Wildman–Crippen MR) is 188 cm³/mol. The number of hydrogen-bond acceptors (Lipinski definition) is 8. The third-order valence-corrected chi connectivity index (χ3v) is 11.3. The molecule has 3 aliphatic rings. The molecule has 10 nitrogen and oxygen atoms in total. The fraction of sp³-hybridized carbons (Fsp3) is 0.474. The van der Waals surface area contributed by atoms with E-state index in [-0.39, 0.29) is 34.5 Å². The van der Waals surface area contributed by atoms with Gasteiger partial charge in [-0.3, -0.25) is 4.79 Å². The van der Waals surface area contributed by atoms with E-state index in [1.807, 2.05) is 36.9 Å². The van der Waals surface area contributed by atoms with Crippen LogP contribution in [0.25, 0.3) is 16.8 Å². The molecule has 13 heteroatoms. The van der Waals surface area contributed by atoms with Gasteiger partial charge in [0, 0.05) is 37.0 Å². The van der Waals surface area contributed by atoms with Crippen LogP contribution in [0.3, 0.4) is 0 Å². The van der Waals surface area contributed by atoms with Crippen molar-refractivity contribution in [1.82, 2.24) is 25.1 Å². The number of nitrogens with one attached hydrogen (secondary N) is 1. The lowest BCUT2D eigenvalue weighted by Gasteiger charge is -2.45. The number of aryl methyl sites for hydroxylation is 3. The van der Waals surface area contributed by atoms with Crippen molar-refractivity contribution in [3.8, 4) is 22.7 Å². The maximum absolute atomic E-state index is 15.0. The molecule has 2 unspecified atom stereocenters. The standard InChI is InChI=1S/C38H44F3N7O3/c1-22-8-9-26(18-23(22)2)27-10-11-28(30(19-27)48-15-12-24(3)46-48)34(38(39,40)41)51-32-20-31(44-36(42)45-32)47-16-13-37(14-17-47)21-29(35(49)50)43-33(37)25-6-4-5-7-25/h8-12,15,18-20,25,29,33-34,43H,4-7,13-14,16-17,21H2,1-3H3,(H,49,50)(H2,42,44,45)/t29?,33?,34-/m1/s1. The molecule has 7 rings (SSSR count). The van der Waals surface area contributed by atoms with Gasteiger partial charge in [-0.05, 0) is 98.6 Å². The number of halogens is 3. The number of aromatic nitrogens is 4. The number of anilines is 2. The molecular formula is C38H44F3N7O3. The Morgan fingerprint density at radius 2 is 1.71 bits per heavy atom. The van der Waals surface area contributed by atoms with Gasteiger partial charge in [-0.2, -0.15) is 28.2 Å². The molecular weight excluding hydrogens is 659 g/mol. The molecule has 0 bridgehead atoms. The van der Waals surface area contributed by atoms with Crippen molar-refractivity contribution < 1.29 is 27.8 Å². The second kappa shape index (κ2) is 13.5. The Kier molecular flexibility index (Phi) is 9.19. The zero-order valence-corrected chi connectivity index (χ0v) is 29.1. The summed E-state index contributed by atoms with van der Waals surface area (Å²) in [7, 11) is 0. The van der Waals surface area contributed by atoms with Crippen molar-refractivity contribution in [2.45, 2.75) is 90.1 Å². The van der Waals surface area contributed by atoms with Crippen LogP contribution >= 0.6 is 0 Å². The Bertz CT molecular complexity index is 1910. The van der Waals surface area contributed by atoms with E-state index in [1.165, 1.54) is 16.8 Å². The van der Waals surface area contributed by atoms with Crippen molar-refractivity contribution in [2.24, 2.45) is 11.3 Å². The average molecular weight is 704 g/mol. The summed E-state index contributed by atoms with van der Waals surface area (Å²) in [6.07, 6.45) is 0.949. The van der Waals surface area contributed by atoms with E-state index in [0.717, 1.165) is 60.8 Å². The molecule has 2 saturated heterocycles. The first kappa shape index (κ1) is 34.8. The van der Waals surface area contributed by atoms with Gasteiger partial charge in [-0.15, -0.1) is 0 Å². The summed E-state index contributed by atoms with van der Waals surface area (Å²) in [5, 5.41) is 17.8. The normalized spacial score (nSPS) is 21.3. The van der Waals surface area contributed by atoms with Crippen LogP contribution in [0, 0.1) is 32.1 Å². The van der Waals surface area contributed by atoms with Crippen molar-refractivity contribution in [1.29, 1.82) is 0 Å². The highest BCUT2D eigenvalue weighted by molar-refractivity contribution is 5.74. The number of nitrogens with zero attached hydrogens (tertiary/aromatic N) is 5. The summed E-state index contributed by atoms with van der Waals surface area (Å²) >= 11 is 0. The third kappa shape index (κ3) is 7.00. The molecule has 270 valence electrons. The Morgan fingerprint density at radius 1 is 1.00 bits per heavy atom. The number of hydrogen-bond donors (Lipinski definition) is 3. The molecule has 3 atom stereocenters. The topological polar surface area (TPSA) is 131 Å². The summed E-state index contributed by atoms with van der Waals surface area (Å²) in [5.74, 6) is -0.500. The van der Waals surface area contributed by atoms with E-state index in [1.54, 1.807) is 31.3 Å². The van der Waals surface area contributed by atoms with Gasteiger partial charge >= 0.3 is 12.1 Å². The Hall–Kier alpha value is -4.65. The Morgan fingerprint density at radius 3 is 2.35 bits per heavy atom. The van der Waals surface area contributed by atoms with Crippen LogP contribution in [0.1, 0.15) is 73.4 Å². The van der Waals surface area contributed by atoms with Crippen molar-refractivity contribution in [3.63, 3.8) is 0 Å². The van der Waals surface area contributed by atoms with Gasteiger partial charge in [0.05, 0.1) is 11.4 Å². The summed E-state index contributed by atoms with van der Waals surface area (Å²) in [4.78, 5) is 22.5. The minimum absolute atomic E-state index is 0.124. The third-order valence-electron chi connectivity index (χ3n) is 11.3. The number of nitrogens with two attached hydrogens (primary N) is 1. The molecule has 0 radical (unpaired) electrons. The number of rotatable bonds is 8. The highest BCUT2D eigenvalue weighted by atomic mass is 19.4. The zero-order chi connectivity index (χ0) is 36.1. The van der Waals surface area contributed by atoms with Crippen LogP contribution in [0.4, 0.5) is 24.9 Å². The van der Waals surface area contributed by atoms with Crippen molar-refractivity contribution in [2.75, 3.05) is 23.7 Å². The van der Waals surface area contributed by atoms with Gasteiger partial charge in [-0.25, -0.2) is 4.68 Å². The van der Waals surface area contributed by atoms with Crippen LogP contribution in [0.15, 0.2) is 54.7 Å². The first-order valence-electron chi connectivity index (χ1n) is 17.7. The van der Waals surface area contributed by atoms with E-state index in [2.05, 4.69) is 20.4 Å². The Balaban J connectivity index is 1.17. The number of nitrogen functional groups attached to an aromatic ring is 1. The van der Waals surface area contributed by atoms with E-state index < -0.39 is 24.3 Å². The molecule has 1 spiro atoms. The number of piperidine rings is 1. The van der Waals surface area contributed by atoms with Gasteiger partial charge in [0.25, 0.3) is 0 Å². The number of benzene rings is 2. The first-order chi connectivity index (χ1) is 24.3. The minimum Gasteiger partial charge on any atom is -0.480 e. The van der Waals surface area contributed by atoms with Gasteiger partial charge in [0.1, 0.15) is 11.9 Å². The quantitative estimate of drug-likeness (QED) is 0.176. The molecule has 0 amide bonds. The molecule has 4 heterocycles. The lowest BCUT2D eigenvalue weighted by molar-refractivity contribution is -0.198. The van der Waals surface area contributed by atoms with Crippen LogP contribution in [0.2, 0.25) is 0 Å². The number of carboxylic acid groups (broad SMARTS) is 1. The second-order valence-electron chi connectivity index (χ2n) is 14.6. The maximum atomic E-state index is 15.0. The fourth-order valence-corrected chi connectivity index (χ4v) is 8.46. The monoisotopic (exact) mass is 703 g/mol. The van der Waals surface area contributed by atoms with Gasteiger partial charge < -0.3 is 25.8 Å². The summed E-state index contributed by atoms with van der Waals surface area (Å²) < 4.78 is 52.2. The predicted octanol–water partition coefficient (Wildman–Crippen LogP) is 7.11.